The van der Waals surface area contributed by atoms with Crippen molar-refractivity contribution in [3.05, 3.63) is 12.7 Å². The lowest BCUT2D eigenvalue weighted by atomic mass is 9.89. The zero-order valence-corrected chi connectivity index (χ0v) is 9.71. The maximum atomic E-state index is 11.4. The van der Waals surface area contributed by atoms with Gasteiger partial charge >= 0.3 is 0 Å². The number of hydrogen-bond acceptors (Lipinski definition) is 2. The van der Waals surface area contributed by atoms with Gasteiger partial charge in [-0.3, -0.25) is 4.79 Å². The number of carbonyl (C=O) groups is 1. The van der Waals surface area contributed by atoms with Crippen LogP contribution < -0.4 is 0 Å². The highest BCUT2D eigenvalue weighted by Crippen LogP contribution is 2.25. The standard InChI is InChI=1S/C13H22O2/c1-3-4-7-12(14)10-15-13-8-5-6-11(2)9-13/h3,11,13H,1,4-10H2,2H3. The maximum Gasteiger partial charge on any atom is 0.158 e. The summed E-state index contributed by atoms with van der Waals surface area (Å²) in [4.78, 5) is 11.4. The predicted molar refractivity (Wildman–Crippen MR) is 61.8 cm³/mol. The van der Waals surface area contributed by atoms with E-state index in [0.29, 0.717) is 19.1 Å². The Kier molecular flexibility index (Phi) is 5.62. The number of hydrogen-bond donors (Lipinski definition) is 0. The van der Waals surface area contributed by atoms with Crippen LogP contribution >= 0.6 is 0 Å². The molecule has 2 unspecified atom stereocenters. The van der Waals surface area contributed by atoms with Crippen LogP contribution in [0.4, 0.5) is 0 Å². The van der Waals surface area contributed by atoms with Crippen molar-refractivity contribution >= 4 is 5.78 Å². The molecule has 1 rings (SSSR count). The van der Waals surface area contributed by atoms with Crippen molar-refractivity contribution in [2.24, 2.45) is 5.92 Å². The van der Waals surface area contributed by atoms with E-state index in [4.69, 9.17) is 4.74 Å². The summed E-state index contributed by atoms with van der Waals surface area (Å²) < 4.78 is 5.63. The van der Waals surface area contributed by atoms with Crippen molar-refractivity contribution in [3.8, 4) is 0 Å². The lowest BCUT2D eigenvalue weighted by Crippen LogP contribution is -2.24. The smallest absolute Gasteiger partial charge is 0.158 e. The van der Waals surface area contributed by atoms with Crippen molar-refractivity contribution in [3.63, 3.8) is 0 Å². The Balaban J connectivity index is 2.12. The molecule has 1 saturated carbocycles. The van der Waals surface area contributed by atoms with Gasteiger partial charge in [-0.2, -0.15) is 0 Å². The summed E-state index contributed by atoms with van der Waals surface area (Å²) >= 11 is 0. The van der Waals surface area contributed by atoms with Crippen LogP contribution in [0.1, 0.15) is 45.4 Å². The van der Waals surface area contributed by atoms with Crippen molar-refractivity contribution in [1.29, 1.82) is 0 Å². The van der Waals surface area contributed by atoms with Gasteiger partial charge in [-0.05, 0) is 25.2 Å². The molecule has 0 aromatic heterocycles. The van der Waals surface area contributed by atoms with E-state index in [0.717, 1.165) is 25.2 Å². The summed E-state index contributed by atoms with van der Waals surface area (Å²) in [5.74, 6) is 0.958. The first-order valence-electron chi connectivity index (χ1n) is 5.96. The van der Waals surface area contributed by atoms with Crippen molar-refractivity contribution in [2.45, 2.75) is 51.6 Å². The highest BCUT2D eigenvalue weighted by molar-refractivity contribution is 5.79. The number of ketones is 1. The number of Topliss-reactive ketones (excluding diaryl/α,β-unsaturated/α-hetero) is 1. The maximum absolute atomic E-state index is 11.4. The van der Waals surface area contributed by atoms with Gasteiger partial charge in [-0.15, -0.1) is 6.58 Å². The van der Waals surface area contributed by atoms with Crippen LogP contribution in [0, 0.1) is 5.92 Å². The quantitative estimate of drug-likeness (QED) is 0.630. The van der Waals surface area contributed by atoms with Gasteiger partial charge in [-0.1, -0.05) is 25.8 Å². The molecule has 0 radical (unpaired) electrons. The molecule has 2 atom stereocenters. The first-order valence-corrected chi connectivity index (χ1v) is 5.96. The molecule has 1 fully saturated rings. The molecule has 2 nitrogen and oxygen atoms in total. The van der Waals surface area contributed by atoms with E-state index in [9.17, 15) is 4.79 Å². The minimum absolute atomic E-state index is 0.202. The van der Waals surface area contributed by atoms with Gasteiger partial charge in [0.1, 0.15) is 6.61 Å². The molecule has 86 valence electrons. The molecule has 0 bridgehead atoms. The zero-order valence-electron chi connectivity index (χ0n) is 9.71. The average molecular weight is 210 g/mol. The van der Waals surface area contributed by atoms with Crippen LogP contribution in [0.3, 0.4) is 0 Å². The summed E-state index contributed by atoms with van der Waals surface area (Å²) in [7, 11) is 0. The van der Waals surface area contributed by atoms with Crippen molar-refractivity contribution in [2.75, 3.05) is 6.61 Å². The minimum atomic E-state index is 0.202. The molecule has 0 saturated heterocycles. The van der Waals surface area contributed by atoms with E-state index in [1.165, 1.54) is 12.8 Å². The van der Waals surface area contributed by atoms with Gasteiger partial charge in [0.2, 0.25) is 0 Å². The summed E-state index contributed by atoms with van der Waals surface area (Å²) in [6.45, 7) is 6.16. The van der Waals surface area contributed by atoms with Crippen LogP contribution in [0.2, 0.25) is 0 Å². The van der Waals surface area contributed by atoms with E-state index >= 15 is 0 Å². The van der Waals surface area contributed by atoms with E-state index in [1.54, 1.807) is 6.08 Å². The molecule has 0 N–H and O–H groups in total. The van der Waals surface area contributed by atoms with Crippen molar-refractivity contribution < 1.29 is 9.53 Å². The average Bonchev–Trinajstić information content (AvgIpc) is 2.23. The molecule has 1 aliphatic rings. The molecule has 2 heteroatoms. The Labute approximate surface area is 92.7 Å². The van der Waals surface area contributed by atoms with Gasteiger partial charge in [0, 0.05) is 6.42 Å². The van der Waals surface area contributed by atoms with E-state index in [2.05, 4.69) is 13.5 Å². The lowest BCUT2D eigenvalue weighted by Gasteiger charge is -2.26. The molecular formula is C13H22O2. The molecule has 0 heterocycles. The summed E-state index contributed by atoms with van der Waals surface area (Å²) in [6, 6.07) is 0. The third-order valence-electron chi connectivity index (χ3n) is 3.00. The Morgan fingerprint density at radius 3 is 3.00 bits per heavy atom. The molecule has 0 spiro atoms. The number of rotatable bonds is 6. The molecule has 0 aliphatic heterocycles. The van der Waals surface area contributed by atoms with E-state index < -0.39 is 0 Å². The van der Waals surface area contributed by atoms with Crippen LogP contribution in [0.5, 0.6) is 0 Å². The number of ether oxygens (including phenoxy) is 1. The predicted octanol–water partition coefficient (Wildman–Crippen LogP) is 3.12. The Morgan fingerprint density at radius 1 is 1.53 bits per heavy atom. The molecule has 0 amide bonds. The van der Waals surface area contributed by atoms with Crippen molar-refractivity contribution in [1.82, 2.24) is 0 Å². The van der Waals surface area contributed by atoms with Crippen LogP contribution in [0.15, 0.2) is 12.7 Å². The van der Waals surface area contributed by atoms with Gasteiger partial charge in [0.15, 0.2) is 5.78 Å². The van der Waals surface area contributed by atoms with Gasteiger partial charge in [-0.25, -0.2) is 0 Å². The van der Waals surface area contributed by atoms with Crippen LogP contribution in [-0.4, -0.2) is 18.5 Å². The summed E-state index contributed by atoms with van der Waals surface area (Å²) in [6.07, 6.45) is 8.24. The minimum Gasteiger partial charge on any atom is -0.370 e. The topological polar surface area (TPSA) is 26.3 Å². The van der Waals surface area contributed by atoms with E-state index in [1.807, 2.05) is 0 Å². The summed E-state index contributed by atoms with van der Waals surface area (Å²) in [5, 5.41) is 0. The third-order valence-corrected chi connectivity index (χ3v) is 3.00. The van der Waals surface area contributed by atoms with Gasteiger partial charge < -0.3 is 4.74 Å². The summed E-state index contributed by atoms with van der Waals surface area (Å²) in [5.41, 5.74) is 0. The third kappa shape index (κ3) is 5.12. The van der Waals surface area contributed by atoms with Gasteiger partial charge in [0.25, 0.3) is 0 Å². The Bertz CT molecular complexity index is 211. The molecular weight excluding hydrogens is 188 g/mol. The monoisotopic (exact) mass is 210 g/mol. The van der Waals surface area contributed by atoms with Crippen LogP contribution in [-0.2, 0) is 9.53 Å². The fourth-order valence-electron chi connectivity index (χ4n) is 2.08. The number of carbonyl (C=O) groups excluding carboxylic acids is 1. The second kappa shape index (κ2) is 6.78. The largest absolute Gasteiger partial charge is 0.370 e. The fourth-order valence-corrected chi connectivity index (χ4v) is 2.08. The molecule has 0 aromatic carbocycles. The lowest BCUT2D eigenvalue weighted by molar-refractivity contribution is -0.126. The Hall–Kier alpha value is -0.630. The van der Waals surface area contributed by atoms with E-state index in [-0.39, 0.29) is 5.78 Å². The van der Waals surface area contributed by atoms with Crippen LogP contribution in [0.25, 0.3) is 0 Å². The highest BCUT2D eigenvalue weighted by Gasteiger charge is 2.19. The second-order valence-corrected chi connectivity index (χ2v) is 4.57. The first kappa shape index (κ1) is 12.4. The second-order valence-electron chi connectivity index (χ2n) is 4.57. The normalized spacial score (nSPS) is 26.2. The molecule has 15 heavy (non-hydrogen) atoms. The molecule has 1 aliphatic carbocycles. The SMILES string of the molecule is C=CCCC(=O)COC1CCCC(C)C1. The van der Waals surface area contributed by atoms with Gasteiger partial charge in [0.05, 0.1) is 6.10 Å². The first-order chi connectivity index (χ1) is 7.22. The fraction of sp³-hybridized carbons (Fsp3) is 0.769. The number of allylic oxidation sites excluding steroid dienone is 1. The Morgan fingerprint density at radius 2 is 2.33 bits per heavy atom. The molecule has 0 aromatic rings. The highest BCUT2D eigenvalue weighted by atomic mass is 16.5. The zero-order chi connectivity index (χ0) is 11.1.